The van der Waals surface area contributed by atoms with E-state index in [1.165, 1.54) is 0 Å². The number of hydrogen-bond acceptors (Lipinski definition) is 3. The van der Waals surface area contributed by atoms with Gasteiger partial charge in [-0.2, -0.15) is 0 Å². The summed E-state index contributed by atoms with van der Waals surface area (Å²) in [7, 11) is -3.39. The molecule has 1 aliphatic rings. The van der Waals surface area contributed by atoms with E-state index in [0.717, 1.165) is 50.0 Å². The van der Waals surface area contributed by atoms with Gasteiger partial charge >= 0.3 is 0 Å². The van der Waals surface area contributed by atoms with Crippen LogP contribution in [0.25, 0.3) is 0 Å². The van der Waals surface area contributed by atoms with E-state index in [1.807, 2.05) is 26.0 Å². The minimum atomic E-state index is -3.39. The Morgan fingerprint density at radius 2 is 1.95 bits per heavy atom. The summed E-state index contributed by atoms with van der Waals surface area (Å²) in [5, 5.41) is 0. The molecule has 0 aliphatic carbocycles. The van der Waals surface area contributed by atoms with Crippen LogP contribution in [0.15, 0.2) is 23.1 Å². The summed E-state index contributed by atoms with van der Waals surface area (Å²) in [6, 6.07) is 5.52. The topological polar surface area (TPSA) is 55.4 Å². The molecule has 0 radical (unpaired) electrons. The van der Waals surface area contributed by atoms with Crippen molar-refractivity contribution in [1.29, 1.82) is 0 Å². The lowest BCUT2D eigenvalue weighted by Gasteiger charge is -2.21. The molecule has 118 valence electrons. The molecule has 1 aliphatic heterocycles. The van der Waals surface area contributed by atoms with Crippen LogP contribution in [0.5, 0.6) is 0 Å². The van der Waals surface area contributed by atoms with Crippen molar-refractivity contribution in [3.05, 3.63) is 29.3 Å². The van der Waals surface area contributed by atoms with E-state index in [2.05, 4.69) is 4.72 Å². The largest absolute Gasteiger partial charge is 0.381 e. The third kappa shape index (κ3) is 4.80. The lowest BCUT2D eigenvalue weighted by molar-refractivity contribution is 0.0634. The van der Waals surface area contributed by atoms with Crippen molar-refractivity contribution in [2.75, 3.05) is 19.8 Å². The number of rotatable bonds is 6. The second-order valence-electron chi connectivity index (χ2n) is 5.86. The van der Waals surface area contributed by atoms with Crippen molar-refractivity contribution in [3.63, 3.8) is 0 Å². The molecule has 0 amide bonds. The Morgan fingerprint density at radius 3 is 2.67 bits per heavy atom. The lowest BCUT2D eigenvalue weighted by atomic mass is 9.95. The smallest absolute Gasteiger partial charge is 0.240 e. The Hall–Kier alpha value is -0.910. The van der Waals surface area contributed by atoms with Gasteiger partial charge in [0, 0.05) is 19.8 Å². The van der Waals surface area contributed by atoms with Gasteiger partial charge in [0.1, 0.15) is 0 Å². The number of aryl methyl sites for hydroxylation is 2. The predicted molar refractivity (Wildman–Crippen MR) is 83.9 cm³/mol. The number of ether oxygens (including phenoxy) is 1. The molecule has 21 heavy (non-hydrogen) atoms. The summed E-state index contributed by atoms with van der Waals surface area (Å²) < 4.78 is 32.7. The molecular weight excluding hydrogens is 286 g/mol. The van der Waals surface area contributed by atoms with Gasteiger partial charge in [-0.05, 0) is 62.6 Å². The molecule has 2 rings (SSSR count). The molecule has 1 fully saturated rings. The first-order valence-corrected chi connectivity index (χ1v) is 9.12. The molecule has 0 spiro atoms. The van der Waals surface area contributed by atoms with E-state index in [4.69, 9.17) is 4.74 Å². The van der Waals surface area contributed by atoms with Crippen molar-refractivity contribution >= 4 is 10.0 Å². The second kappa shape index (κ2) is 7.38. The van der Waals surface area contributed by atoms with Gasteiger partial charge in [-0.25, -0.2) is 13.1 Å². The molecule has 1 aromatic rings. The van der Waals surface area contributed by atoms with E-state index < -0.39 is 10.0 Å². The SMILES string of the molecule is Cc1ccc(C)c(S(=O)(=O)NCCCC2CCOCC2)c1. The van der Waals surface area contributed by atoms with Gasteiger partial charge in [0.15, 0.2) is 0 Å². The van der Waals surface area contributed by atoms with E-state index in [0.29, 0.717) is 17.4 Å². The number of sulfonamides is 1. The van der Waals surface area contributed by atoms with E-state index in [1.54, 1.807) is 6.07 Å². The summed E-state index contributed by atoms with van der Waals surface area (Å²) >= 11 is 0. The number of hydrogen-bond donors (Lipinski definition) is 1. The van der Waals surface area contributed by atoms with Crippen LogP contribution >= 0.6 is 0 Å². The normalized spacial score (nSPS) is 17.0. The van der Waals surface area contributed by atoms with Crippen molar-refractivity contribution in [1.82, 2.24) is 4.72 Å². The molecule has 4 nitrogen and oxygen atoms in total. The van der Waals surface area contributed by atoms with Crippen molar-refractivity contribution < 1.29 is 13.2 Å². The molecule has 5 heteroatoms. The van der Waals surface area contributed by atoms with Crippen LogP contribution in [-0.2, 0) is 14.8 Å². The van der Waals surface area contributed by atoms with Crippen LogP contribution in [-0.4, -0.2) is 28.2 Å². The summed E-state index contributed by atoms with van der Waals surface area (Å²) in [6.45, 7) is 5.93. The maximum absolute atomic E-state index is 12.3. The number of nitrogens with one attached hydrogen (secondary N) is 1. The van der Waals surface area contributed by atoms with Crippen molar-refractivity contribution in [2.45, 2.75) is 44.4 Å². The fourth-order valence-electron chi connectivity index (χ4n) is 2.71. The Morgan fingerprint density at radius 1 is 1.24 bits per heavy atom. The second-order valence-corrected chi connectivity index (χ2v) is 7.60. The summed E-state index contributed by atoms with van der Waals surface area (Å²) in [4.78, 5) is 0.397. The maximum atomic E-state index is 12.3. The van der Waals surface area contributed by atoms with Gasteiger partial charge in [-0.1, -0.05) is 12.1 Å². The Balaban J connectivity index is 1.85. The average Bonchev–Trinajstić information content (AvgIpc) is 2.47. The molecule has 1 N–H and O–H groups in total. The Kier molecular flexibility index (Phi) is 5.79. The van der Waals surface area contributed by atoms with Gasteiger partial charge in [-0.15, -0.1) is 0 Å². The lowest BCUT2D eigenvalue weighted by Crippen LogP contribution is -2.26. The van der Waals surface area contributed by atoms with E-state index in [-0.39, 0.29) is 0 Å². The molecule has 0 atom stereocenters. The predicted octanol–water partition coefficient (Wildman–Crippen LogP) is 2.79. The molecular formula is C16H25NO3S. The minimum Gasteiger partial charge on any atom is -0.381 e. The standard InChI is InChI=1S/C16H25NO3S/c1-13-5-6-14(2)16(12-13)21(18,19)17-9-3-4-15-7-10-20-11-8-15/h5-6,12,15,17H,3-4,7-11H2,1-2H3. The van der Waals surface area contributed by atoms with Gasteiger partial charge < -0.3 is 4.74 Å². The van der Waals surface area contributed by atoms with Gasteiger partial charge in [0.2, 0.25) is 10.0 Å². The zero-order valence-corrected chi connectivity index (χ0v) is 13.7. The molecule has 0 unspecified atom stereocenters. The van der Waals surface area contributed by atoms with Crippen molar-refractivity contribution in [2.24, 2.45) is 5.92 Å². The zero-order chi connectivity index (χ0) is 15.3. The first-order chi connectivity index (χ1) is 9.99. The van der Waals surface area contributed by atoms with Crippen LogP contribution in [0.2, 0.25) is 0 Å². The molecule has 0 saturated carbocycles. The minimum absolute atomic E-state index is 0.397. The Labute approximate surface area is 127 Å². The van der Waals surface area contributed by atoms with Crippen LogP contribution in [0, 0.1) is 19.8 Å². The zero-order valence-electron chi connectivity index (χ0n) is 12.9. The number of benzene rings is 1. The summed E-state index contributed by atoms with van der Waals surface area (Å²) in [5.74, 6) is 0.684. The van der Waals surface area contributed by atoms with Gasteiger partial charge in [0.05, 0.1) is 4.90 Å². The summed E-state index contributed by atoms with van der Waals surface area (Å²) in [5.41, 5.74) is 1.75. The molecule has 0 bridgehead atoms. The third-order valence-electron chi connectivity index (χ3n) is 4.06. The third-order valence-corrected chi connectivity index (χ3v) is 5.66. The Bertz CT molecular complexity index is 563. The average molecular weight is 311 g/mol. The van der Waals surface area contributed by atoms with Crippen LogP contribution in [0.1, 0.15) is 36.8 Å². The van der Waals surface area contributed by atoms with E-state index >= 15 is 0 Å². The first-order valence-electron chi connectivity index (χ1n) is 7.64. The van der Waals surface area contributed by atoms with Crippen LogP contribution in [0.4, 0.5) is 0 Å². The molecule has 1 saturated heterocycles. The molecule has 0 aromatic heterocycles. The van der Waals surface area contributed by atoms with E-state index in [9.17, 15) is 8.42 Å². The van der Waals surface area contributed by atoms with Crippen molar-refractivity contribution in [3.8, 4) is 0 Å². The molecule has 1 heterocycles. The monoisotopic (exact) mass is 311 g/mol. The van der Waals surface area contributed by atoms with Gasteiger partial charge in [-0.3, -0.25) is 0 Å². The van der Waals surface area contributed by atoms with Crippen LogP contribution < -0.4 is 4.72 Å². The highest BCUT2D eigenvalue weighted by Gasteiger charge is 2.17. The highest BCUT2D eigenvalue weighted by atomic mass is 32.2. The van der Waals surface area contributed by atoms with Gasteiger partial charge in [0.25, 0.3) is 0 Å². The highest BCUT2D eigenvalue weighted by molar-refractivity contribution is 7.89. The quantitative estimate of drug-likeness (QED) is 0.822. The highest BCUT2D eigenvalue weighted by Crippen LogP contribution is 2.20. The summed E-state index contributed by atoms with van der Waals surface area (Å²) in [6.07, 6.45) is 4.15. The maximum Gasteiger partial charge on any atom is 0.240 e. The van der Waals surface area contributed by atoms with Crippen LogP contribution in [0.3, 0.4) is 0 Å². The fraction of sp³-hybridized carbons (Fsp3) is 0.625. The molecule has 1 aromatic carbocycles. The fourth-order valence-corrected chi connectivity index (χ4v) is 4.11. The first kappa shape index (κ1) is 16.5.